The lowest BCUT2D eigenvalue weighted by atomic mass is 9.96. The largest absolute Gasteiger partial charge is 0.497 e. The van der Waals surface area contributed by atoms with Crippen molar-refractivity contribution in [1.29, 1.82) is 0 Å². The van der Waals surface area contributed by atoms with Crippen LogP contribution in [0, 0.1) is 0 Å². The van der Waals surface area contributed by atoms with Crippen LogP contribution in [0.2, 0.25) is 0 Å². The lowest BCUT2D eigenvalue weighted by molar-refractivity contribution is -0.152. The molecule has 1 aliphatic rings. The van der Waals surface area contributed by atoms with Crippen LogP contribution in [0.1, 0.15) is 31.2 Å². The van der Waals surface area contributed by atoms with Gasteiger partial charge >= 0.3 is 5.97 Å². The molecule has 0 radical (unpaired) electrons. The Kier molecular flexibility index (Phi) is 4.93. The number of ketones is 1. The average molecular weight is 274 g/mol. The molecule has 20 heavy (non-hydrogen) atoms. The third-order valence-electron chi connectivity index (χ3n) is 3.28. The zero-order valence-corrected chi connectivity index (χ0v) is 11.5. The molecule has 1 saturated carbocycles. The van der Waals surface area contributed by atoms with Crippen LogP contribution in [-0.4, -0.2) is 25.0 Å². The minimum Gasteiger partial charge on any atom is -0.497 e. The van der Waals surface area contributed by atoms with Crippen molar-refractivity contribution < 1.29 is 19.1 Å². The molecular formula is C16H18O4. The molecule has 4 nitrogen and oxygen atoms in total. The fourth-order valence-electron chi connectivity index (χ4n) is 2.13. The molecule has 0 aliphatic heterocycles. The molecule has 0 bridgehead atoms. The third-order valence-corrected chi connectivity index (χ3v) is 3.28. The highest BCUT2D eigenvalue weighted by atomic mass is 16.5. The standard InChI is InChI=1S/C16H18O4/c1-19-13-9-6-12(7-10-13)8-11-16(18)20-15-5-3-2-4-14(15)17/h6-11,15H,2-5H2,1H3. The maximum absolute atomic E-state index is 11.7. The first kappa shape index (κ1) is 14.3. The van der Waals surface area contributed by atoms with Crippen LogP contribution in [0.3, 0.4) is 0 Å². The van der Waals surface area contributed by atoms with Crippen LogP contribution >= 0.6 is 0 Å². The van der Waals surface area contributed by atoms with Crippen molar-refractivity contribution in [2.75, 3.05) is 7.11 Å². The fraction of sp³-hybridized carbons (Fsp3) is 0.375. The highest BCUT2D eigenvalue weighted by molar-refractivity contribution is 5.91. The van der Waals surface area contributed by atoms with Gasteiger partial charge in [0.1, 0.15) is 5.75 Å². The predicted octanol–water partition coefficient (Wildman–Crippen LogP) is 2.76. The number of Topliss-reactive ketones (excluding diaryl/α,β-unsaturated/α-hetero) is 1. The molecule has 2 rings (SSSR count). The van der Waals surface area contributed by atoms with Crippen molar-refractivity contribution in [3.05, 3.63) is 35.9 Å². The van der Waals surface area contributed by atoms with Crippen molar-refractivity contribution in [1.82, 2.24) is 0 Å². The molecule has 4 heteroatoms. The number of carbonyl (C=O) groups is 2. The highest BCUT2D eigenvalue weighted by Crippen LogP contribution is 2.18. The number of ether oxygens (including phenoxy) is 2. The van der Waals surface area contributed by atoms with Gasteiger partial charge in [0.05, 0.1) is 7.11 Å². The minimum atomic E-state index is -0.559. The molecule has 1 aliphatic carbocycles. The molecule has 106 valence electrons. The van der Waals surface area contributed by atoms with E-state index in [9.17, 15) is 9.59 Å². The normalized spacial score (nSPS) is 19.1. The van der Waals surface area contributed by atoms with Gasteiger partial charge in [0.2, 0.25) is 0 Å². The first-order valence-corrected chi connectivity index (χ1v) is 6.74. The molecule has 0 heterocycles. The van der Waals surface area contributed by atoms with Gasteiger partial charge in [-0.25, -0.2) is 4.79 Å². The Morgan fingerprint density at radius 1 is 1.25 bits per heavy atom. The van der Waals surface area contributed by atoms with Crippen molar-refractivity contribution >= 4 is 17.8 Å². The van der Waals surface area contributed by atoms with Gasteiger partial charge in [-0.15, -0.1) is 0 Å². The molecule has 0 amide bonds. The second-order valence-electron chi connectivity index (χ2n) is 4.74. The Hall–Kier alpha value is -2.10. The molecule has 1 aromatic carbocycles. The van der Waals surface area contributed by atoms with E-state index >= 15 is 0 Å². The topological polar surface area (TPSA) is 52.6 Å². The quantitative estimate of drug-likeness (QED) is 0.626. The lowest BCUT2D eigenvalue weighted by Crippen LogP contribution is -2.29. The number of hydrogen-bond acceptors (Lipinski definition) is 4. The van der Waals surface area contributed by atoms with Gasteiger partial charge in [-0.05, 0) is 43.0 Å². The maximum Gasteiger partial charge on any atom is 0.331 e. The molecule has 1 unspecified atom stereocenters. The van der Waals surface area contributed by atoms with E-state index in [1.165, 1.54) is 6.08 Å². The summed E-state index contributed by atoms with van der Waals surface area (Å²) < 4.78 is 10.2. The first-order chi connectivity index (χ1) is 9.69. The van der Waals surface area contributed by atoms with Gasteiger partial charge in [0.25, 0.3) is 0 Å². The Morgan fingerprint density at radius 3 is 2.65 bits per heavy atom. The number of carbonyl (C=O) groups excluding carboxylic acids is 2. The van der Waals surface area contributed by atoms with E-state index in [0.717, 1.165) is 24.2 Å². The van der Waals surface area contributed by atoms with E-state index in [1.54, 1.807) is 13.2 Å². The molecule has 1 atom stereocenters. The summed E-state index contributed by atoms with van der Waals surface area (Å²) in [6.07, 6.45) is 5.44. The van der Waals surface area contributed by atoms with Crippen molar-refractivity contribution in [2.45, 2.75) is 31.8 Å². The number of hydrogen-bond donors (Lipinski definition) is 0. The maximum atomic E-state index is 11.7. The van der Waals surface area contributed by atoms with Gasteiger partial charge in [-0.2, -0.15) is 0 Å². The van der Waals surface area contributed by atoms with Crippen molar-refractivity contribution in [3.63, 3.8) is 0 Å². The number of rotatable bonds is 4. The molecule has 0 N–H and O–H groups in total. The van der Waals surface area contributed by atoms with E-state index in [4.69, 9.17) is 9.47 Å². The Labute approximate surface area is 118 Å². The summed E-state index contributed by atoms with van der Waals surface area (Å²) in [6.45, 7) is 0. The zero-order valence-electron chi connectivity index (χ0n) is 11.5. The van der Waals surface area contributed by atoms with Crippen LogP contribution in [0.25, 0.3) is 6.08 Å². The van der Waals surface area contributed by atoms with Crippen molar-refractivity contribution in [2.24, 2.45) is 0 Å². The average Bonchev–Trinajstić information content (AvgIpc) is 2.48. The summed E-state index contributed by atoms with van der Waals surface area (Å²) in [7, 11) is 1.60. The van der Waals surface area contributed by atoms with E-state index in [1.807, 2.05) is 24.3 Å². The van der Waals surface area contributed by atoms with Crippen LogP contribution in [-0.2, 0) is 14.3 Å². The molecular weight excluding hydrogens is 256 g/mol. The number of esters is 1. The Balaban J connectivity index is 1.89. The molecule has 0 aromatic heterocycles. The molecule has 1 aromatic rings. The molecule has 0 saturated heterocycles. The summed E-state index contributed by atoms with van der Waals surface area (Å²) in [5.41, 5.74) is 0.873. The Morgan fingerprint density at radius 2 is 2.00 bits per heavy atom. The van der Waals surface area contributed by atoms with Gasteiger partial charge < -0.3 is 9.47 Å². The van der Waals surface area contributed by atoms with Gasteiger partial charge in [-0.1, -0.05) is 12.1 Å². The monoisotopic (exact) mass is 274 g/mol. The van der Waals surface area contributed by atoms with E-state index < -0.39 is 12.1 Å². The number of methoxy groups -OCH3 is 1. The summed E-state index contributed by atoms with van der Waals surface area (Å²) in [6, 6.07) is 7.31. The minimum absolute atomic E-state index is 0.0300. The second-order valence-corrected chi connectivity index (χ2v) is 4.74. The van der Waals surface area contributed by atoms with Crippen LogP contribution < -0.4 is 4.74 Å². The van der Waals surface area contributed by atoms with E-state index in [2.05, 4.69) is 0 Å². The van der Waals surface area contributed by atoms with Crippen molar-refractivity contribution in [3.8, 4) is 5.75 Å². The second kappa shape index (κ2) is 6.89. The van der Waals surface area contributed by atoms with Gasteiger partial charge in [0, 0.05) is 12.5 Å². The highest BCUT2D eigenvalue weighted by Gasteiger charge is 2.24. The summed E-state index contributed by atoms with van der Waals surface area (Å²) in [5.74, 6) is 0.320. The fourth-order valence-corrected chi connectivity index (χ4v) is 2.13. The summed E-state index contributed by atoms with van der Waals surface area (Å²) in [5, 5.41) is 0. The van der Waals surface area contributed by atoms with Gasteiger partial charge in [-0.3, -0.25) is 4.79 Å². The summed E-state index contributed by atoms with van der Waals surface area (Å²) in [4.78, 5) is 23.2. The summed E-state index contributed by atoms with van der Waals surface area (Å²) >= 11 is 0. The third kappa shape index (κ3) is 3.95. The Bertz CT molecular complexity index is 502. The predicted molar refractivity (Wildman–Crippen MR) is 75.4 cm³/mol. The zero-order chi connectivity index (χ0) is 14.4. The molecule has 1 fully saturated rings. The van der Waals surface area contributed by atoms with Gasteiger partial charge in [0.15, 0.2) is 11.9 Å². The first-order valence-electron chi connectivity index (χ1n) is 6.74. The van der Waals surface area contributed by atoms with Crippen LogP contribution in [0.5, 0.6) is 5.75 Å². The smallest absolute Gasteiger partial charge is 0.331 e. The molecule has 0 spiro atoms. The van der Waals surface area contributed by atoms with E-state index in [-0.39, 0.29) is 5.78 Å². The lowest BCUT2D eigenvalue weighted by Gasteiger charge is -2.19. The number of benzene rings is 1. The van der Waals surface area contributed by atoms with Crippen LogP contribution in [0.15, 0.2) is 30.3 Å². The SMILES string of the molecule is COc1ccc(C=CC(=O)OC2CCCCC2=O)cc1. The van der Waals surface area contributed by atoms with Crippen LogP contribution in [0.4, 0.5) is 0 Å². The van der Waals surface area contributed by atoms with E-state index in [0.29, 0.717) is 12.8 Å².